The molecule has 0 aromatic heterocycles. The molecule has 0 spiro atoms. The maximum atomic E-state index is 12.0. The van der Waals surface area contributed by atoms with Crippen LogP contribution in [0.15, 0.2) is 29.2 Å². The summed E-state index contributed by atoms with van der Waals surface area (Å²) in [6, 6.07) is 6.97. The molecule has 3 rings (SSSR count). The van der Waals surface area contributed by atoms with E-state index in [-0.39, 0.29) is 12.1 Å². The third kappa shape index (κ3) is 4.16. The quantitative estimate of drug-likeness (QED) is 0.714. The van der Waals surface area contributed by atoms with Gasteiger partial charge in [-0.15, -0.1) is 0 Å². The Hall–Kier alpha value is -1.15. The molecule has 0 radical (unpaired) electrons. The first-order chi connectivity index (χ1) is 10.1. The second-order valence-corrected chi connectivity index (χ2v) is 7.21. The van der Waals surface area contributed by atoms with Gasteiger partial charge in [0.05, 0.1) is 17.6 Å². The molecule has 116 valence electrons. The first kappa shape index (κ1) is 14.8. The highest BCUT2D eigenvalue weighted by atomic mass is 32.2. The molecule has 1 atom stereocenters. The van der Waals surface area contributed by atoms with Gasteiger partial charge in [-0.2, -0.15) is 0 Å². The molecule has 2 aliphatic rings. The first-order valence-corrected chi connectivity index (χ1v) is 8.80. The van der Waals surface area contributed by atoms with Crippen molar-refractivity contribution in [2.24, 2.45) is 0 Å². The van der Waals surface area contributed by atoms with Gasteiger partial charge in [0.2, 0.25) is 10.0 Å². The molecular weight excluding hydrogens is 290 g/mol. The van der Waals surface area contributed by atoms with Gasteiger partial charge >= 0.3 is 0 Å². The summed E-state index contributed by atoms with van der Waals surface area (Å²) in [5.41, 5.74) is 0.898. The van der Waals surface area contributed by atoms with Crippen molar-refractivity contribution in [1.29, 1.82) is 0 Å². The molecule has 1 aliphatic carbocycles. The summed E-state index contributed by atoms with van der Waals surface area (Å²) in [7, 11) is -3.36. The van der Waals surface area contributed by atoms with E-state index in [1.807, 2.05) is 0 Å². The third-order valence-corrected chi connectivity index (χ3v) is 5.14. The molecule has 1 aromatic rings. The summed E-state index contributed by atoms with van der Waals surface area (Å²) >= 11 is 0. The van der Waals surface area contributed by atoms with Crippen LogP contribution in [0, 0.1) is 0 Å². The number of rotatable bonds is 6. The molecular formula is C14H21N3O3S. The Bertz CT molecular complexity index is 564. The molecule has 1 saturated heterocycles. The van der Waals surface area contributed by atoms with Crippen LogP contribution >= 0.6 is 0 Å². The number of nitrogens with one attached hydrogen (secondary N) is 3. The van der Waals surface area contributed by atoms with Crippen molar-refractivity contribution in [2.75, 3.05) is 31.6 Å². The van der Waals surface area contributed by atoms with Gasteiger partial charge in [0.15, 0.2) is 0 Å². The van der Waals surface area contributed by atoms with Crippen LogP contribution in [0.25, 0.3) is 0 Å². The third-order valence-electron chi connectivity index (χ3n) is 3.60. The summed E-state index contributed by atoms with van der Waals surface area (Å²) < 4.78 is 32.3. The monoisotopic (exact) mass is 311 g/mol. The molecule has 7 heteroatoms. The van der Waals surface area contributed by atoms with Gasteiger partial charge < -0.3 is 15.4 Å². The van der Waals surface area contributed by atoms with E-state index in [0.717, 1.165) is 38.2 Å². The summed E-state index contributed by atoms with van der Waals surface area (Å²) in [6.45, 7) is 3.18. The molecule has 1 aromatic carbocycles. The van der Waals surface area contributed by atoms with Gasteiger partial charge in [-0.25, -0.2) is 13.1 Å². The maximum Gasteiger partial charge on any atom is 0.240 e. The minimum absolute atomic E-state index is 0.128. The van der Waals surface area contributed by atoms with Crippen LogP contribution in [-0.4, -0.2) is 46.8 Å². The van der Waals surface area contributed by atoms with E-state index in [1.54, 1.807) is 24.3 Å². The van der Waals surface area contributed by atoms with Gasteiger partial charge in [0, 0.05) is 31.4 Å². The summed E-state index contributed by atoms with van der Waals surface area (Å²) in [5.74, 6) is 0. The predicted octanol–water partition coefficient (Wildman–Crippen LogP) is 0.528. The highest BCUT2D eigenvalue weighted by Gasteiger charge is 2.27. The highest BCUT2D eigenvalue weighted by molar-refractivity contribution is 7.89. The lowest BCUT2D eigenvalue weighted by Gasteiger charge is -2.24. The van der Waals surface area contributed by atoms with Crippen molar-refractivity contribution in [3.05, 3.63) is 24.3 Å². The molecule has 2 fully saturated rings. The van der Waals surface area contributed by atoms with Gasteiger partial charge in [-0.1, -0.05) is 0 Å². The van der Waals surface area contributed by atoms with Crippen molar-refractivity contribution in [1.82, 2.24) is 10.0 Å². The first-order valence-electron chi connectivity index (χ1n) is 7.32. The number of ether oxygens (including phenoxy) is 1. The van der Waals surface area contributed by atoms with E-state index in [2.05, 4.69) is 15.4 Å². The van der Waals surface area contributed by atoms with Crippen molar-refractivity contribution in [3.63, 3.8) is 0 Å². The molecule has 1 saturated carbocycles. The van der Waals surface area contributed by atoms with Crippen LogP contribution in [-0.2, 0) is 14.8 Å². The Kier molecular flexibility index (Phi) is 4.44. The lowest BCUT2D eigenvalue weighted by atomic mass is 10.2. The van der Waals surface area contributed by atoms with Gasteiger partial charge in [0.25, 0.3) is 0 Å². The fourth-order valence-corrected chi connectivity index (χ4v) is 3.53. The minimum atomic E-state index is -3.36. The molecule has 1 aliphatic heterocycles. The van der Waals surface area contributed by atoms with Crippen LogP contribution in [0.4, 0.5) is 5.69 Å². The van der Waals surface area contributed by atoms with Gasteiger partial charge in [-0.05, 0) is 37.1 Å². The summed E-state index contributed by atoms with van der Waals surface area (Å²) in [6.07, 6.45) is 2.03. The Balaban J connectivity index is 1.55. The van der Waals surface area contributed by atoms with E-state index in [1.165, 1.54) is 0 Å². The van der Waals surface area contributed by atoms with Gasteiger partial charge in [0.1, 0.15) is 0 Å². The van der Waals surface area contributed by atoms with Crippen molar-refractivity contribution in [3.8, 4) is 0 Å². The van der Waals surface area contributed by atoms with Crippen LogP contribution in [0.3, 0.4) is 0 Å². The molecule has 3 N–H and O–H groups in total. The molecule has 1 heterocycles. The van der Waals surface area contributed by atoms with E-state index in [9.17, 15) is 8.42 Å². The Morgan fingerprint density at radius 1 is 1.24 bits per heavy atom. The minimum Gasteiger partial charge on any atom is -0.382 e. The fraction of sp³-hybridized carbons (Fsp3) is 0.571. The Morgan fingerprint density at radius 3 is 2.62 bits per heavy atom. The molecule has 0 bridgehead atoms. The Labute approximate surface area is 125 Å². The second kappa shape index (κ2) is 6.31. The van der Waals surface area contributed by atoms with Crippen molar-refractivity contribution in [2.45, 2.75) is 29.9 Å². The zero-order valence-electron chi connectivity index (χ0n) is 11.8. The number of hydrogen-bond acceptors (Lipinski definition) is 5. The van der Waals surface area contributed by atoms with Gasteiger partial charge in [-0.3, -0.25) is 0 Å². The van der Waals surface area contributed by atoms with E-state index >= 15 is 0 Å². The highest BCUT2D eigenvalue weighted by Crippen LogP contribution is 2.22. The van der Waals surface area contributed by atoms with E-state index < -0.39 is 10.0 Å². The normalized spacial score (nSPS) is 23.0. The average Bonchev–Trinajstić information content (AvgIpc) is 3.30. The van der Waals surface area contributed by atoms with Crippen LogP contribution < -0.4 is 15.4 Å². The molecule has 1 unspecified atom stereocenters. The number of anilines is 1. The molecule has 0 amide bonds. The Morgan fingerprint density at radius 2 is 2.00 bits per heavy atom. The SMILES string of the molecule is O=S(=O)(NC1CC1)c1ccc(NCC2CNCCO2)cc1. The largest absolute Gasteiger partial charge is 0.382 e. The summed E-state index contributed by atoms with van der Waals surface area (Å²) in [4.78, 5) is 0.315. The molecule has 21 heavy (non-hydrogen) atoms. The summed E-state index contributed by atoms with van der Waals surface area (Å²) in [5, 5.41) is 6.54. The van der Waals surface area contributed by atoms with Crippen LogP contribution in [0.5, 0.6) is 0 Å². The zero-order valence-corrected chi connectivity index (χ0v) is 12.7. The van der Waals surface area contributed by atoms with Crippen molar-refractivity contribution < 1.29 is 13.2 Å². The number of hydrogen-bond donors (Lipinski definition) is 3. The van der Waals surface area contributed by atoms with Crippen molar-refractivity contribution >= 4 is 15.7 Å². The maximum absolute atomic E-state index is 12.0. The number of sulfonamides is 1. The molecule has 6 nitrogen and oxygen atoms in total. The van der Waals surface area contributed by atoms with Crippen LogP contribution in [0.2, 0.25) is 0 Å². The number of benzene rings is 1. The predicted molar refractivity (Wildman–Crippen MR) is 80.9 cm³/mol. The topological polar surface area (TPSA) is 79.5 Å². The standard InChI is InChI=1S/C14H21N3O3S/c18-21(19,17-12-1-2-12)14-5-3-11(4-6-14)16-10-13-9-15-7-8-20-13/h3-6,12-13,15-17H,1-2,7-10H2. The fourth-order valence-electron chi connectivity index (χ4n) is 2.22. The smallest absolute Gasteiger partial charge is 0.240 e. The lowest BCUT2D eigenvalue weighted by molar-refractivity contribution is 0.0372. The van der Waals surface area contributed by atoms with E-state index in [4.69, 9.17) is 4.74 Å². The second-order valence-electron chi connectivity index (χ2n) is 5.50. The zero-order chi connectivity index (χ0) is 14.7. The van der Waals surface area contributed by atoms with Crippen LogP contribution in [0.1, 0.15) is 12.8 Å². The van der Waals surface area contributed by atoms with E-state index in [0.29, 0.717) is 11.4 Å². The average molecular weight is 311 g/mol. The lowest BCUT2D eigenvalue weighted by Crippen LogP contribution is -2.42. The number of morpholine rings is 1.